The lowest BCUT2D eigenvalue weighted by atomic mass is 10.1. The molecular formula is C20H14ClF2NO3S. The van der Waals surface area contributed by atoms with Gasteiger partial charge < -0.3 is 9.72 Å². The van der Waals surface area contributed by atoms with Crippen LogP contribution < -0.4 is 19.5 Å². The van der Waals surface area contributed by atoms with E-state index in [-0.39, 0.29) is 11.3 Å². The molecule has 0 radical (unpaired) electrons. The van der Waals surface area contributed by atoms with Gasteiger partial charge in [0.25, 0.3) is 12.0 Å². The largest absolute Gasteiger partial charge is 0.488 e. The molecule has 0 bridgehead atoms. The SMILES string of the molecule is O=C(/C=c1/[nH]c(=O)/c(=C\c2ccc(OCC(F)F)cc2)s1)c1ccc(Cl)cc1. The Hall–Kier alpha value is -2.77. The van der Waals surface area contributed by atoms with E-state index in [9.17, 15) is 18.4 Å². The Morgan fingerprint density at radius 3 is 2.46 bits per heavy atom. The number of nitrogens with one attached hydrogen (secondary N) is 1. The maximum atomic E-state index is 12.3. The number of ether oxygens (including phenoxy) is 1. The molecule has 3 rings (SSSR count). The predicted octanol–water partition coefficient (Wildman–Crippen LogP) is 3.23. The first-order chi connectivity index (χ1) is 13.4. The number of benzene rings is 2. The lowest BCUT2D eigenvalue weighted by molar-refractivity contribution is 0.0819. The van der Waals surface area contributed by atoms with Crippen molar-refractivity contribution in [1.82, 2.24) is 4.98 Å². The Morgan fingerprint density at radius 1 is 1.14 bits per heavy atom. The molecule has 1 heterocycles. The van der Waals surface area contributed by atoms with E-state index in [0.717, 1.165) is 11.3 Å². The van der Waals surface area contributed by atoms with E-state index in [1.165, 1.54) is 6.08 Å². The van der Waals surface area contributed by atoms with Crippen molar-refractivity contribution in [1.29, 1.82) is 0 Å². The van der Waals surface area contributed by atoms with Crippen LogP contribution in [0.1, 0.15) is 15.9 Å². The number of hydrogen-bond acceptors (Lipinski definition) is 4. The summed E-state index contributed by atoms with van der Waals surface area (Å²) < 4.78 is 30.1. The second-order valence-corrected chi connectivity index (χ2v) is 7.24. The summed E-state index contributed by atoms with van der Waals surface area (Å²) in [6, 6.07) is 12.9. The van der Waals surface area contributed by atoms with Crippen molar-refractivity contribution in [3.05, 3.63) is 84.2 Å². The van der Waals surface area contributed by atoms with Gasteiger partial charge in [-0.3, -0.25) is 9.59 Å². The zero-order chi connectivity index (χ0) is 20.1. The third-order valence-electron chi connectivity index (χ3n) is 3.63. The molecule has 28 heavy (non-hydrogen) atoms. The van der Waals surface area contributed by atoms with Crippen LogP contribution in [-0.2, 0) is 0 Å². The molecule has 4 nitrogen and oxygen atoms in total. The molecule has 0 saturated carbocycles. The molecule has 144 valence electrons. The Balaban J connectivity index is 1.82. The predicted molar refractivity (Wildman–Crippen MR) is 106 cm³/mol. The summed E-state index contributed by atoms with van der Waals surface area (Å²) >= 11 is 6.95. The number of carbonyl (C=O) groups is 1. The summed E-state index contributed by atoms with van der Waals surface area (Å²) in [6.45, 7) is -0.672. The number of alkyl halides is 2. The topological polar surface area (TPSA) is 59.2 Å². The number of ketones is 1. The molecule has 0 unspecified atom stereocenters. The number of Topliss-reactive ketones (excluding diaryl/α,β-unsaturated/α-hetero) is 1. The molecule has 0 saturated heterocycles. The van der Waals surface area contributed by atoms with Crippen LogP contribution in [0.4, 0.5) is 8.78 Å². The second kappa shape index (κ2) is 8.95. The summed E-state index contributed by atoms with van der Waals surface area (Å²) in [5, 5.41) is 0.531. The number of aromatic amines is 1. The van der Waals surface area contributed by atoms with Crippen molar-refractivity contribution in [3.63, 3.8) is 0 Å². The van der Waals surface area contributed by atoms with E-state index in [2.05, 4.69) is 4.98 Å². The van der Waals surface area contributed by atoms with Crippen molar-refractivity contribution in [2.45, 2.75) is 6.43 Å². The molecule has 8 heteroatoms. The third-order valence-corrected chi connectivity index (χ3v) is 4.84. The van der Waals surface area contributed by atoms with Gasteiger partial charge in [0.2, 0.25) is 0 Å². The highest BCUT2D eigenvalue weighted by molar-refractivity contribution is 7.07. The highest BCUT2D eigenvalue weighted by Gasteiger charge is 2.04. The number of carbonyl (C=O) groups excluding carboxylic acids is 1. The summed E-state index contributed by atoms with van der Waals surface area (Å²) in [5.74, 6) is 0.0707. The van der Waals surface area contributed by atoms with Gasteiger partial charge in [0.1, 0.15) is 12.4 Å². The van der Waals surface area contributed by atoms with E-state index in [1.54, 1.807) is 54.6 Å². The molecule has 0 spiro atoms. The maximum absolute atomic E-state index is 12.3. The normalized spacial score (nSPS) is 12.6. The number of aromatic nitrogens is 1. The van der Waals surface area contributed by atoms with E-state index in [1.807, 2.05) is 0 Å². The molecule has 1 N–H and O–H groups in total. The Morgan fingerprint density at radius 2 is 1.82 bits per heavy atom. The number of thiazole rings is 1. The Bertz CT molecular complexity index is 1140. The minimum absolute atomic E-state index is 0.249. The number of H-pyrrole nitrogens is 1. The molecule has 0 aliphatic heterocycles. The van der Waals surface area contributed by atoms with Gasteiger partial charge in [-0.25, -0.2) is 8.78 Å². The van der Waals surface area contributed by atoms with Gasteiger partial charge >= 0.3 is 0 Å². The first-order valence-corrected chi connectivity index (χ1v) is 9.33. The minimum atomic E-state index is -2.54. The molecule has 0 aliphatic rings. The van der Waals surface area contributed by atoms with Gasteiger partial charge in [-0.1, -0.05) is 23.7 Å². The van der Waals surface area contributed by atoms with Crippen LogP contribution in [0.2, 0.25) is 5.02 Å². The number of hydrogen-bond donors (Lipinski definition) is 1. The number of halogens is 3. The van der Waals surface area contributed by atoms with Crippen LogP contribution >= 0.6 is 22.9 Å². The molecule has 2 aromatic carbocycles. The first-order valence-electron chi connectivity index (χ1n) is 8.14. The second-order valence-electron chi connectivity index (χ2n) is 5.72. The molecule has 0 aliphatic carbocycles. The van der Waals surface area contributed by atoms with Crippen LogP contribution in [0.15, 0.2) is 53.3 Å². The summed E-state index contributed by atoms with van der Waals surface area (Å²) in [4.78, 5) is 27.0. The maximum Gasteiger partial charge on any atom is 0.272 e. The van der Waals surface area contributed by atoms with Crippen LogP contribution in [0.3, 0.4) is 0 Å². The van der Waals surface area contributed by atoms with E-state index in [0.29, 0.717) is 31.1 Å². The number of rotatable bonds is 6. The fourth-order valence-corrected chi connectivity index (χ4v) is 3.32. The highest BCUT2D eigenvalue weighted by Crippen LogP contribution is 2.13. The molecule has 3 aromatic rings. The average molecular weight is 422 g/mol. The fraction of sp³-hybridized carbons (Fsp3) is 0.100. The van der Waals surface area contributed by atoms with Gasteiger partial charge in [-0.15, -0.1) is 11.3 Å². The lowest BCUT2D eigenvalue weighted by Gasteiger charge is -2.04. The minimum Gasteiger partial charge on any atom is -0.488 e. The summed E-state index contributed by atoms with van der Waals surface area (Å²) in [5.41, 5.74) is 0.842. The zero-order valence-electron chi connectivity index (χ0n) is 14.3. The molecule has 1 aromatic heterocycles. The smallest absolute Gasteiger partial charge is 0.272 e. The van der Waals surface area contributed by atoms with Gasteiger partial charge in [0, 0.05) is 16.7 Å². The zero-order valence-corrected chi connectivity index (χ0v) is 15.9. The molecule has 0 atom stereocenters. The summed E-state index contributed by atoms with van der Waals surface area (Å²) in [7, 11) is 0. The fourth-order valence-electron chi connectivity index (χ4n) is 2.31. The van der Waals surface area contributed by atoms with Gasteiger partial charge in [0.15, 0.2) is 5.78 Å². The van der Waals surface area contributed by atoms with Crippen molar-refractivity contribution < 1.29 is 18.3 Å². The summed E-state index contributed by atoms with van der Waals surface area (Å²) in [6.07, 6.45) is 0.458. The van der Waals surface area contributed by atoms with Gasteiger partial charge in [-0.05, 0) is 48.0 Å². The Kier molecular flexibility index (Phi) is 6.38. The highest BCUT2D eigenvalue weighted by atomic mass is 35.5. The quantitative estimate of drug-likeness (QED) is 0.622. The average Bonchev–Trinajstić information content (AvgIpc) is 3.00. The van der Waals surface area contributed by atoms with Gasteiger partial charge in [-0.2, -0.15) is 0 Å². The third kappa shape index (κ3) is 5.37. The van der Waals surface area contributed by atoms with E-state index >= 15 is 0 Å². The van der Waals surface area contributed by atoms with Gasteiger partial charge in [0.05, 0.1) is 9.20 Å². The molecular weight excluding hydrogens is 408 g/mol. The van der Waals surface area contributed by atoms with E-state index < -0.39 is 13.0 Å². The van der Waals surface area contributed by atoms with E-state index in [4.69, 9.17) is 16.3 Å². The standard InChI is InChI=1S/C20H14ClF2NO3S/c21-14-5-3-13(4-6-14)16(25)10-19-24-20(26)17(28-19)9-12-1-7-15(8-2-12)27-11-18(22)23/h1-10,18H,11H2,(H,24,26)/b17-9+,19-10-. The van der Waals surface area contributed by atoms with Crippen LogP contribution in [0.5, 0.6) is 5.75 Å². The van der Waals surface area contributed by atoms with Crippen molar-refractivity contribution in [2.75, 3.05) is 6.61 Å². The van der Waals surface area contributed by atoms with Crippen LogP contribution in [0, 0.1) is 0 Å². The Labute approximate surface area is 167 Å². The van der Waals surface area contributed by atoms with Crippen molar-refractivity contribution in [3.8, 4) is 5.75 Å². The van der Waals surface area contributed by atoms with Crippen molar-refractivity contribution in [2.24, 2.45) is 0 Å². The van der Waals surface area contributed by atoms with Crippen molar-refractivity contribution >= 4 is 40.9 Å². The lowest BCUT2D eigenvalue weighted by Crippen LogP contribution is -2.20. The molecule has 0 amide bonds. The van der Waals surface area contributed by atoms with Crippen LogP contribution in [-0.4, -0.2) is 23.8 Å². The first kappa shape index (κ1) is 20.0. The van der Waals surface area contributed by atoms with Crippen LogP contribution in [0.25, 0.3) is 12.2 Å². The molecule has 0 fully saturated rings. The monoisotopic (exact) mass is 421 g/mol.